The molecule has 0 aliphatic heterocycles. The Morgan fingerprint density at radius 3 is 2.72 bits per heavy atom. The highest BCUT2D eigenvalue weighted by atomic mass is 79.9. The molecule has 3 nitrogen and oxygen atoms in total. The minimum Gasteiger partial charge on any atom is -0.433 e. The van der Waals surface area contributed by atoms with Crippen molar-refractivity contribution in [3.05, 3.63) is 45.3 Å². The Morgan fingerprint density at radius 2 is 2.11 bits per heavy atom. The van der Waals surface area contributed by atoms with E-state index in [4.69, 9.17) is 22.1 Å². The van der Waals surface area contributed by atoms with Crippen LogP contribution in [0.1, 0.15) is 5.56 Å². The van der Waals surface area contributed by atoms with Crippen LogP contribution in [0.15, 0.2) is 28.9 Å². The van der Waals surface area contributed by atoms with E-state index in [-0.39, 0.29) is 16.5 Å². The number of halogens is 3. The van der Waals surface area contributed by atoms with Gasteiger partial charge in [-0.3, -0.25) is 0 Å². The van der Waals surface area contributed by atoms with Crippen LogP contribution >= 0.6 is 27.5 Å². The molecule has 0 amide bonds. The van der Waals surface area contributed by atoms with E-state index in [1.54, 1.807) is 13.1 Å². The molecule has 0 saturated heterocycles. The number of nitrogen functional groups attached to an aromatic ring is 1. The van der Waals surface area contributed by atoms with E-state index >= 15 is 0 Å². The predicted molar refractivity (Wildman–Crippen MR) is 72.6 cm³/mol. The van der Waals surface area contributed by atoms with Gasteiger partial charge in [-0.2, -0.15) is 0 Å². The molecule has 0 radical (unpaired) electrons. The van der Waals surface area contributed by atoms with Crippen LogP contribution < -0.4 is 10.5 Å². The maximum Gasteiger partial charge on any atom is 0.222 e. The van der Waals surface area contributed by atoms with Crippen molar-refractivity contribution in [2.45, 2.75) is 6.92 Å². The standard InChI is InChI=1S/C12H9BrClFN2O/c1-6-2-7(13)5-17-12(6)18-11-9(15)3-8(14)4-10(11)16/h2-5H,16H2,1H3. The molecule has 1 aromatic heterocycles. The molecule has 1 heterocycles. The van der Waals surface area contributed by atoms with Gasteiger partial charge in [-0.25, -0.2) is 9.37 Å². The van der Waals surface area contributed by atoms with Gasteiger partial charge in [0, 0.05) is 21.3 Å². The Hall–Kier alpha value is -1.33. The van der Waals surface area contributed by atoms with E-state index in [2.05, 4.69) is 20.9 Å². The van der Waals surface area contributed by atoms with Crippen molar-refractivity contribution >= 4 is 33.2 Å². The lowest BCUT2D eigenvalue weighted by atomic mass is 10.2. The van der Waals surface area contributed by atoms with Gasteiger partial charge in [0.1, 0.15) is 0 Å². The van der Waals surface area contributed by atoms with Crippen LogP contribution in [0, 0.1) is 12.7 Å². The average Bonchev–Trinajstić information content (AvgIpc) is 2.25. The summed E-state index contributed by atoms with van der Waals surface area (Å²) in [5, 5.41) is 0.220. The molecular weight excluding hydrogens is 323 g/mol. The Morgan fingerprint density at radius 1 is 1.39 bits per heavy atom. The first kappa shape index (κ1) is 13.1. The molecule has 0 saturated carbocycles. The number of nitrogens with two attached hydrogens (primary N) is 1. The van der Waals surface area contributed by atoms with Gasteiger partial charge in [0.2, 0.25) is 5.88 Å². The summed E-state index contributed by atoms with van der Waals surface area (Å²) in [7, 11) is 0. The van der Waals surface area contributed by atoms with E-state index in [0.717, 1.165) is 16.1 Å². The summed E-state index contributed by atoms with van der Waals surface area (Å²) in [6, 6.07) is 4.38. The fourth-order valence-electron chi connectivity index (χ4n) is 1.42. The Balaban J connectivity index is 2.40. The lowest BCUT2D eigenvalue weighted by molar-refractivity contribution is 0.427. The van der Waals surface area contributed by atoms with Crippen LogP contribution in [0.5, 0.6) is 11.6 Å². The predicted octanol–water partition coefficient (Wildman–Crippen LogP) is 4.32. The fraction of sp³-hybridized carbons (Fsp3) is 0.0833. The van der Waals surface area contributed by atoms with Crippen molar-refractivity contribution in [1.82, 2.24) is 4.98 Å². The van der Waals surface area contributed by atoms with Crippen molar-refractivity contribution in [2.75, 3.05) is 5.73 Å². The highest BCUT2D eigenvalue weighted by molar-refractivity contribution is 9.10. The third-order valence-corrected chi connectivity index (χ3v) is 2.88. The molecule has 0 spiro atoms. The van der Waals surface area contributed by atoms with Crippen LogP contribution in [0.4, 0.5) is 10.1 Å². The molecule has 1 aromatic carbocycles. The number of rotatable bonds is 2. The second-order valence-electron chi connectivity index (χ2n) is 3.68. The fourth-order valence-corrected chi connectivity index (χ4v) is 2.08. The largest absolute Gasteiger partial charge is 0.433 e. The van der Waals surface area contributed by atoms with Crippen molar-refractivity contribution in [2.24, 2.45) is 0 Å². The van der Waals surface area contributed by atoms with E-state index in [1.807, 2.05) is 6.07 Å². The maximum atomic E-state index is 13.7. The number of aryl methyl sites for hydroxylation is 1. The molecular formula is C12H9BrClFN2O. The second kappa shape index (κ2) is 5.12. The van der Waals surface area contributed by atoms with Crippen LogP contribution in [-0.2, 0) is 0 Å². The summed E-state index contributed by atoms with van der Waals surface area (Å²) in [6.07, 6.45) is 1.56. The molecule has 0 unspecified atom stereocenters. The molecule has 2 N–H and O–H groups in total. The summed E-state index contributed by atoms with van der Waals surface area (Å²) in [5.74, 6) is -0.396. The number of benzene rings is 1. The van der Waals surface area contributed by atoms with Gasteiger partial charge < -0.3 is 10.5 Å². The number of aromatic nitrogens is 1. The van der Waals surface area contributed by atoms with Crippen molar-refractivity contribution in [3.63, 3.8) is 0 Å². The first-order valence-electron chi connectivity index (χ1n) is 5.02. The van der Waals surface area contributed by atoms with E-state index in [9.17, 15) is 4.39 Å². The summed E-state index contributed by atoms with van der Waals surface area (Å²) in [5.41, 5.74) is 6.55. The lowest BCUT2D eigenvalue weighted by Gasteiger charge is -2.11. The van der Waals surface area contributed by atoms with Gasteiger partial charge in [-0.05, 0) is 41.1 Å². The van der Waals surface area contributed by atoms with Gasteiger partial charge >= 0.3 is 0 Å². The van der Waals surface area contributed by atoms with Gasteiger partial charge in [0.05, 0.1) is 5.69 Å². The first-order valence-corrected chi connectivity index (χ1v) is 6.19. The highest BCUT2D eigenvalue weighted by Crippen LogP contribution is 2.33. The Kier molecular flexibility index (Phi) is 3.73. The number of nitrogens with zero attached hydrogens (tertiary/aromatic N) is 1. The molecule has 0 bridgehead atoms. The van der Waals surface area contributed by atoms with E-state index < -0.39 is 5.82 Å². The monoisotopic (exact) mass is 330 g/mol. The highest BCUT2D eigenvalue weighted by Gasteiger charge is 2.13. The number of hydrogen-bond donors (Lipinski definition) is 1. The summed E-state index contributed by atoms with van der Waals surface area (Å²) in [6.45, 7) is 1.80. The third kappa shape index (κ3) is 2.73. The van der Waals surface area contributed by atoms with Gasteiger partial charge in [0.25, 0.3) is 0 Å². The van der Waals surface area contributed by atoms with Crippen molar-refractivity contribution in [1.29, 1.82) is 0 Å². The minimum absolute atomic E-state index is 0.0719. The van der Waals surface area contributed by atoms with Gasteiger partial charge in [0.15, 0.2) is 11.6 Å². The summed E-state index contributed by atoms with van der Waals surface area (Å²) in [4.78, 5) is 4.05. The number of ether oxygens (including phenoxy) is 1. The molecule has 0 aliphatic rings. The van der Waals surface area contributed by atoms with Crippen molar-refractivity contribution in [3.8, 4) is 11.6 Å². The Bertz CT molecular complexity index is 584. The molecule has 0 atom stereocenters. The molecule has 2 aromatic rings. The molecule has 2 rings (SSSR count). The average molecular weight is 332 g/mol. The first-order chi connectivity index (χ1) is 8.47. The zero-order valence-corrected chi connectivity index (χ0v) is 11.7. The molecule has 0 aliphatic carbocycles. The number of pyridine rings is 1. The third-order valence-electron chi connectivity index (χ3n) is 2.23. The Labute approximate surface area is 117 Å². The molecule has 0 fully saturated rings. The normalized spacial score (nSPS) is 10.4. The molecule has 18 heavy (non-hydrogen) atoms. The number of hydrogen-bond acceptors (Lipinski definition) is 3. The van der Waals surface area contributed by atoms with Crippen LogP contribution in [0.25, 0.3) is 0 Å². The quantitative estimate of drug-likeness (QED) is 0.834. The van der Waals surface area contributed by atoms with Crippen LogP contribution in [0.3, 0.4) is 0 Å². The number of anilines is 1. The van der Waals surface area contributed by atoms with Crippen LogP contribution in [0.2, 0.25) is 5.02 Å². The zero-order valence-electron chi connectivity index (χ0n) is 9.38. The summed E-state index contributed by atoms with van der Waals surface area (Å²) >= 11 is 8.97. The van der Waals surface area contributed by atoms with Gasteiger partial charge in [-0.15, -0.1) is 0 Å². The van der Waals surface area contributed by atoms with E-state index in [0.29, 0.717) is 5.88 Å². The zero-order chi connectivity index (χ0) is 13.3. The molecule has 6 heteroatoms. The minimum atomic E-state index is -0.621. The molecule has 94 valence electrons. The SMILES string of the molecule is Cc1cc(Br)cnc1Oc1c(N)cc(Cl)cc1F. The topological polar surface area (TPSA) is 48.1 Å². The second-order valence-corrected chi connectivity index (χ2v) is 5.04. The summed E-state index contributed by atoms with van der Waals surface area (Å²) < 4.78 is 19.9. The van der Waals surface area contributed by atoms with E-state index in [1.165, 1.54) is 6.07 Å². The smallest absolute Gasteiger partial charge is 0.222 e. The lowest BCUT2D eigenvalue weighted by Crippen LogP contribution is -1.98. The van der Waals surface area contributed by atoms with Crippen molar-refractivity contribution < 1.29 is 9.13 Å². The maximum absolute atomic E-state index is 13.7. The van der Waals surface area contributed by atoms with Gasteiger partial charge in [-0.1, -0.05) is 11.6 Å². The van der Waals surface area contributed by atoms with Crippen LogP contribution in [-0.4, -0.2) is 4.98 Å².